The molecule has 4 atom stereocenters. The number of primary amides is 1. The summed E-state index contributed by atoms with van der Waals surface area (Å²) in [5, 5.41) is 25.9. The van der Waals surface area contributed by atoms with Crippen LogP contribution in [0.2, 0.25) is 0 Å². The Hall–Kier alpha value is -3.52. The van der Waals surface area contributed by atoms with Gasteiger partial charge in [0.15, 0.2) is 0 Å². The summed E-state index contributed by atoms with van der Waals surface area (Å²) in [5.74, 6) is -1.41. The molecule has 7 nitrogen and oxygen atoms in total. The molecule has 3 aromatic carbocycles. The molecular formula is C33H41N3O4. The maximum Gasteiger partial charge on any atom is 0.254 e. The van der Waals surface area contributed by atoms with Crippen molar-refractivity contribution in [3.8, 4) is 0 Å². The zero-order chi connectivity index (χ0) is 28.6. The van der Waals surface area contributed by atoms with Crippen molar-refractivity contribution in [2.45, 2.75) is 63.7 Å². The normalized spacial score (nSPS) is 17.7. The molecule has 0 aliphatic heterocycles. The summed E-state index contributed by atoms with van der Waals surface area (Å²) < 4.78 is 0. The fourth-order valence-electron chi connectivity index (χ4n) is 5.90. The predicted octanol–water partition coefficient (Wildman–Crippen LogP) is 3.98. The van der Waals surface area contributed by atoms with Crippen molar-refractivity contribution in [3.63, 3.8) is 0 Å². The van der Waals surface area contributed by atoms with Gasteiger partial charge in [-0.1, -0.05) is 74.5 Å². The molecule has 0 heterocycles. The van der Waals surface area contributed by atoms with Crippen LogP contribution in [0.25, 0.3) is 0 Å². The van der Waals surface area contributed by atoms with E-state index in [1.54, 1.807) is 23.1 Å². The van der Waals surface area contributed by atoms with Crippen LogP contribution in [0.1, 0.15) is 81.6 Å². The predicted molar refractivity (Wildman–Crippen MR) is 157 cm³/mol. The number of rotatable bonds is 13. The van der Waals surface area contributed by atoms with E-state index in [4.69, 9.17) is 5.73 Å². The smallest absolute Gasteiger partial charge is 0.254 e. The average Bonchev–Trinajstić information content (AvgIpc) is 3.29. The minimum atomic E-state index is -0.974. The van der Waals surface area contributed by atoms with E-state index in [0.717, 1.165) is 29.5 Å². The molecule has 0 saturated heterocycles. The average molecular weight is 544 g/mol. The van der Waals surface area contributed by atoms with Gasteiger partial charge in [-0.25, -0.2) is 0 Å². The van der Waals surface area contributed by atoms with Crippen LogP contribution in [0.15, 0.2) is 72.8 Å². The first-order valence-corrected chi connectivity index (χ1v) is 14.3. The molecular weight excluding hydrogens is 502 g/mol. The van der Waals surface area contributed by atoms with Crippen molar-refractivity contribution in [2.75, 3.05) is 19.6 Å². The van der Waals surface area contributed by atoms with E-state index in [1.165, 1.54) is 0 Å². The van der Waals surface area contributed by atoms with Gasteiger partial charge in [0.05, 0.1) is 18.2 Å². The van der Waals surface area contributed by atoms with Crippen LogP contribution in [-0.4, -0.2) is 58.8 Å². The second kappa shape index (κ2) is 13.7. The summed E-state index contributed by atoms with van der Waals surface area (Å²) >= 11 is 0. The third kappa shape index (κ3) is 6.61. The van der Waals surface area contributed by atoms with Gasteiger partial charge in [0.25, 0.3) is 5.91 Å². The molecule has 0 saturated carbocycles. The van der Waals surface area contributed by atoms with Crippen LogP contribution in [0.4, 0.5) is 0 Å². The van der Waals surface area contributed by atoms with Crippen molar-refractivity contribution in [3.05, 3.63) is 106 Å². The standard InChI is InChI=1S/C33H41N3O4/c1-3-17-36(18-4-2)33(40)26-16-10-15-25(32(34)39)30(26)27(19-22-11-6-5-7-12-22)29(38)21-35-31-24-14-9-8-13-23(24)20-28(31)37/h5-16,27-29,31,35,37-38H,3-4,17-21H2,1-2H3,(H2,34,39)/t27-,28+,29+,31-/m1/s1. The molecule has 1 aliphatic carbocycles. The lowest BCUT2D eigenvalue weighted by Gasteiger charge is -2.30. The van der Waals surface area contributed by atoms with E-state index in [1.807, 2.05) is 68.4 Å². The molecule has 40 heavy (non-hydrogen) atoms. The zero-order valence-electron chi connectivity index (χ0n) is 23.4. The number of amides is 2. The van der Waals surface area contributed by atoms with Crippen molar-refractivity contribution in [1.82, 2.24) is 10.2 Å². The first-order valence-electron chi connectivity index (χ1n) is 14.3. The number of benzene rings is 3. The van der Waals surface area contributed by atoms with Crippen LogP contribution in [0.3, 0.4) is 0 Å². The Morgan fingerprint density at radius 3 is 2.27 bits per heavy atom. The maximum atomic E-state index is 13.9. The van der Waals surface area contributed by atoms with Crippen LogP contribution in [-0.2, 0) is 12.8 Å². The number of hydrogen-bond acceptors (Lipinski definition) is 5. The molecule has 0 spiro atoms. The molecule has 0 fully saturated rings. The Morgan fingerprint density at radius 2 is 1.60 bits per heavy atom. The molecule has 212 valence electrons. The summed E-state index contributed by atoms with van der Waals surface area (Å²) in [6, 6.07) is 22.4. The van der Waals surface area contributed by atoms with Gasteiger partial charge in [-0.2, -0.15) is 0 Å². The summed E-state index contributed by atoms with van der Waals surface area (Å²) in [6.07, 6.45) is 0.982. The van der Waals surface area contributed by atoms with E-state index < -0.39 is 24.0 Å². The lowest BCUT2D eigenvalue weighted by Crippen LogP contribution is -2.39. The summed E-state index contributed by atoms with van der Waals surface area (Å²) in [6.45, 7) is 5.40. The van der Waals surface area contributed by atoms with Gasteiger partial charge < -0.3 is 26.2 Å². The quantitative estimate of drug-likeness (QED) is 0.260. The number of nitrogens with zero attached hydrogens (tertiary/aromatic N) is 1. The Labute approximate surface area is 237 Å². The Balaban J connectivity index is 1.73. The number of hydrogen-bond donors (Lipinski definition) is 4. The highest BCUT2D eigenvalue weighted by Gasteiger charge is 2.34. The van der Waals surface area contributed by atoms with Crippen LogP contribution in [0.5, 0.6) is 0 Å². The van der Waals surface area contributed by atoms with Gasteiger partial charge in [0, 0.05) is 43.1 Å². The Morgan fingerprint density at radius 1 is 0.950 bits per heavy atom. The Bertz CT molecular complexity index is 1290. The molecule has 5 N–H and O–H groups in total. The van der Waals surface area contributed by atoms with Crippen LogP contribution >= 0.6 is 0 Å². The van der Waals surface area contributed by atoms with Gasteiger partial charge in [-0.15, -0.1) is 0 Å². The summed E-state index contributed by atoms with van der Waals surface area (Å²) in [4.78, 5) is 28.4. The van der Waals surface area contributed by atoms with Gasteiger partial charge in [-0.05, 0) is 53.6 Å². The van der Waals surface area contributed by atoms with E-state index in [-0.39, 0.29) is 24.1 Å². The fourth-order valence-corrected chi connectivity index (χ4v) is 5.90. The third-order valence-corrected chi connectivity index (χ3v) is 7.76. The molecule has 7 heteroatoms. The zero-order valence-corrected chi connectivity index (χ0v) is 23.4. The lowest BCUT2D eigenvalue weighted by atomic mass is 9.81. The number of nitrogens with one attached hydrogen (secondary N) is 1. The highest BCUT2D eigenvalue weighted by molar-refractivity contribution is 6.02. The van der Waals surface area contributed by atoms with Gasteiger partial charge in [0.2, 0.25) is 5.91 Å². The van der Waals surface area contributed by atoms with Gasteiger partial charge in [-0.3, -0.25) is 9.59 Å². The first kappa shape index (κ1) is 29.5. The van der Waals surface area contributed by atoms with Crippen LogP contribution < -0.4 is 11.1 Å². The van der Waals surface area contributed by atoms with Gasteiger partial charge >= 0.3 is 0 Å². The molecule has 0 unspecified atom stereocenters. The largest absolute Gasteiger partial charge is 0.391 e. The number of aliphatic hydroxyl groups is 2. The molecule has 0 aromatic heterocycles. The van der Waals surface area contributed by atoms with E-state index in [9.17, 15) is 19.8 Å². The molecule has 1 aliphatic rings. The lowest BCUT2D eigenvalue weighted by molar-refractivity contribution is 0.0750. The highest BCUT2D eigenvalue weighted by atomic mass is 16.3. The molecule has 4 rings (SSSR count). The Kier molecular flexibility index (Phi) is 10.1. The van der Waals surface area contributed by atoms with Crippen molar-refractivity contribution in [1.29, 1.82) is 0 Å². The van der Waals surface area contributed by atoms with Crippen molar-refractivity contribution in [2.24, 2.45) is 5.73 Å². The van der Waals surface area contributed by atoms with Crippen molar-refractivity contribution < 1.29 is 19.8 Å². The van der Waals surface area contributed by atoms with Gasteiger partial charge in [0.1, 0.15) is 0 Å². The topological polar surface area (TPSA) is 116 Å². The molecule has 3 aromatic rings. The second-order valence-electron chi connectivity index (χ2n) is 10.6. The van der Waals surface area contributed by atoms with Crippen molar-refractivity contribution >= 4 is 11.8 Å². The van der Waals surface area contributed by atoms with E-state index >= 15 is 0 Å². The molecule has 0 bridgehead atoms. The minimum absolute atomic E-state index is 0.155. The number of aliphatic hydroxyl groups excluding tert-OH is 2. The first-order chi connectivity index (χ1) is 19.3. The summed E-state index contributed by atoms with van der Waals surface area (Å²) in [7, 11) is 0. The number of fused-ring (bicyclic) bond motifs is 1. The monoisotopic (exact) mass is 543 g/mol. The van der Waals surface area contributed by atoms with Crippen LogP contribution in [0, 0.1) is 0 Å². The summed E-state index contributed by atoms with van der Waals surface area (Å²) in [5.41, 5.74) is 10.0. The second-order valence-corrected chi connectivity index (χ2v) is 10.6. The number of nitrogens with two attached hydrogens (primary N) is 1. The fraction of sp³-hybridized carbons (Fsp3) is 0.394. The third-order valence-electron chi connectivity index (χ3n) is 7.76. The molecule has 0 radical (unpaired) electrons. The molecule has 2 amide bonds. The van der Waals surface area contributed by atoms with E-state index in [2.05, 4.69) is 5.32 Å². The highest BCUT2D eigenvalue weighted by Crippen LogP contribution is 2.34. The number of carbonyl (C=O) groups is 2. The number of carbonyl (C=O) groups excluding carboxylic acids is 2. The minimum Gasteiger partial charge on any atom is -0.391 e. The maximum absolute atomic E-state index is 13.9. The van der Waals surface area contributed by atoms with E-state index in [0.29, 0.717) is 37.1 Å². The SMILES string of the molecule is CCCN(CCC)C(=O)c1cccc(C(N)=O)c1[C@H](Cc1ccccc1)[C@@H](O)CN[C@@H]1c2ccccc2C[C@@H]1O.